The Morgan fingerprint density at radius 1 is 1.35 bits per heavy atom. The molecule has 0 spiro atoms. The van der Waals surface area contributed by atoms with Crippen LogP contribution in [0.1, 0.15) is 29.0 Å². The lowest BCUT2D eigenvalue weighted by Gasteiger charge is -2.30. The lowest BCUT2D eigenvalue weighted by molar-refractivity contribution is 0.0900. The first-order chi connectivity index (χ1) is 11.2. The van der Waals surface area contributed by atoms with Crippen molar-refractivity contribution in [1.29, 1.82) is 0 Å². The summed E-state index contributed by atoms with van der Waals surface area (Å²) in [5.74, 6) is 0.460. The van der Waals surface area contributed by atoms with Gasteiger partial charge in [0.05, 0.1) is 0 Å². The molecule has 2 aromatic rings. The van der Waals surface area contributed by atoms with Crippen LogP contribution in [0.25, 0.3) is 0 Å². The second kappa shape index (κ2) is 7.14. The Labute approximate surface area is 138 Å². The van der Waals surface area contributed by atoms with Gasteiger partial charge in [-0.1, -0.05) is 0 Å². The summed E-state index contributed by atoms with van der Waals surface area (Å²) < 4.78 is 22.2. The Bertz CT molecular complexity index is 666. The number of carbonyl (C=O) groups excluding carboxylic acids is 1. The summed E-state index contributed by atoms with van der Waals surface area (Å²) in [7, 11) is 1.62. The van der Waals surface area contributed by atoms with Gasteiger partial charge in [-0.2, -0.15) is 4.37 Å². The summed E-state index contributed by atoms with van der Waals surface area (Å²) in [6, 6.07) is 5.79. The van der Waals surface area contributed by atoms with E-state index in [4.69, 9.17) is 4.74 Å². The molecule has 3 rings (SSSR count). The van der Waals surface area contributed by atoms with Crippen LogP contribution in [0.15, 0.2) is 24.3 Å². The molecule has 122 valence electrons. The Morgan fingerprint density at radius 2 is 2.04 bits per heavy atom. The first-order valence-corrected chi connectivity index (χ1v) is 8.31. The average molecular weight is 335 g/mol. The van der Waals surface area contributed by atoms with Gasteiger partial charge in [-0.05, 0) is 37.1 Å². The first-order valence-electron chi connectivity index (χ1n) is 7.53. The highest BCUT2D eigenvalue weighted by Crippen LogP contribution is 2.27. The van der Waals surface area contributed by atoms with E-state index in [1.54, 1.807) is 19.2 Å². The number of ether oxygens (including phenoxy) is 1. The molecule has 0 amide bonds. The summed E-state index contributed by atoms with van der Waals surface area (Å²) in [5, 5.41) is 0.879. The van der Waals surface area contributed by atoms with E-state index in [9.17, 15) is 9.18 Å². The number of hydrogen-bond donors (Lipinski definition) is 0. The number of benzene rings is 1. The van der Waals surface area contributed by atoms with Crippen LogP contribution in [-0.2, 0) is 11.3 Å². The van der Waals surface area contributed by atoms with Gasteiger partial charge in [0.25, 0.3) is 0 Å². The van der Waals surface area contributed by atoms with Gasteiger partial charge >= 0.3 is 0 Å². The van der Waals surface area contributed by atoms with Crippen molar-refractivity contribution in [2.24, 2.45) is 5.92 Å². The zero-order valence-electron chi connectivity index (χ0n) is 12.9. The summed E-state index contributed by atoms with van der Waals surface area (Å²) in [6.45, 7) is 1.97. The molecule has 1 fully saturated rings. The van der Waals surface area contributed by atoms with E-state index >= 15 is 0 Å². The molecule has 1 aliphatic rings. The third-order valence-electron chi connectivity index (χ3n) is 4.00. The fourth-order valence-electron chi connectivity index (χ4n) is 2.74. The maximum absolute atomic E-state index is 12.9. The molecule has 1 aliphatic heterocycles. The Morgan fingerprint density at radius 3 is 2.70 bits per heavy atom. The molecule has 1 aromatic heterocycles. The van der Waals surface area contributed by atoms with Gasteiger partial charge < -0.3 is 9.64 Å². The van der Waals surface area contributed by atoms with Crippen molar-refractivity contribution in [3.63, 3.8) is 0 Å². The van der Waals surface area contributed by atoms with Crippen LogP contribution >= 0.6 is 11.5 Å². The summed E-state index contributed by atoms with van der Waals surface area (Å²) >= 11 is 1.36. The van der Waals surface area contributed by atoms with Gasteiger partial charge in [0.2, 0.25) is 5.13 Å². The van der Waals surface area contributed by atoms with Crippen LogP contribution in [0.2, 0.25) is 0 Å². The number of nitrogens with zero attached hydrogens (tertiary/aromatic N) is 3. The van der Waals surface area contributed by atoms with Crippen LogP contribution in [-0.4, -0.2) is 35.3 Å². The first kappa shape index (κ1) is 16.0. The highest BCUT2D eigenvalue weighted by atomic mass is 32.1. The van der Waals surface area contributed by atoms with Crippen LogP contribution in [0.4, 0.5) is 9.52 Å². The minimum atomic E-state index is -0.320. The molecule has 0 radical (unpaired) electrons. The van der Waals surface area contributed by atoms with Crippen molar-refractivity contribution in [3.05, 3.63) is 41.5 Å². The molecule has 0 atom stereocenters. The standard InChI is InChI=1S/C16H18FN3O2S/c1-22-10-14-18-16(23-19-14)20-8-6-12(7-9-20)15(21)11-2-4-13(17)5-3-11/h2-5,12H,6-10H2,1H3. The topological polar surface area (TPSA) is 55.3 Å². The number of ketones is 1. The van der Waals surface area contributed by atoms with Gasteiger partial charge in [-0.25, -0.2) is 9.37 Å². The van der Waals surface area contributed by atoms with E-state index in [1.807, 2.05) is 0 Å². The number of rotatable bonds is 5. The van der Waals surface area contributed by atoms with Gasteiger partial charge in [-0.15, -0.1) is 0 Å². The van der Waals surface area contributed by atoms with Gasteiger partial charge in [0, 0.05) is 43.2 Å². The van der Waals surface area contributed by atoms with Crippen LogP contribution in [0, 0.1) is 11.7 Å². The number of Topliss-reactive ketones (excluding diaryl/α,β-unsaturated/α-hetero) is 1. The molecular weight excluding hydrogens is 317 g/mol. The van der Waals surface area contributed by atoms with Gasteiger partial charge in [0.15, 0.2) is 11.6 Å². The van der Waals surface area contributed by atoms with E-state index in [-0.39, 0.29) is 17.5 Å². The number of piperidine rings is 1. The SMILES string of the molecule is COCc1nsc(N2CCC(C(=O)c3ccc(F)cc3)CC2)n1. The number of hydrogen-bond acceptors (Lipinski definition) is 6. The monoisotopic (exact) mass is 335 g/mol. The molecule has 23 heavy (non-hydrogen) atoms. The lowest BCUT2D eigenvalue weighted by Crippen LogP contribution is -2.36. The number of methoxy groups -OCH3 is 1. The van der Waals surface area contributed by atoms with Gasteiger partial charge in [0.1, 0.15) is 12.4 Å². The summed E-state index contributed by atoms with van der Waals surface area (Å²) in [6.07, 6.45) is 1.55. The summed E-state index contributed by atoms with van der Waals surface area (Å²) in [4.78, 5) is 19.1. The van der Waals surface area contributed by atoms with E-state index in [1.165, 1.54) is 23.7 Å². The Kier molecular flexibility index (Phi) is 4.97. The second-order valence-corrected chi connectivity index (χ2v) is 6.29. The molecule has 5 nitrogen and oxygen atoms in total. The van der Waals surface area contributed by atoms with Crippen molar-refractivity contribution < 1.29 is 13.9 Å². The third kappa shape index (κ3) is 3.73. The Balaban J connectivity index is 1.59. The van der Waals surface area contributed by atoms with Crippen LogP contribution in [0.5, 0.6) is 0 Å². The van der Waals surface area contributed by atoms with E-state index in [0.29, 0.717) is 18.0 Å². The molecule has 2 heterocycles. The zero-order valence-corrected chi connectivity index (χ0v) is 13.7. The number of anilines is 1. The predicted molar refractivity (Wildman–Crippen MR) is 86.3 cm³/mol. The van der Waals surface area contributed by atoms with Crippen molar-refractivity contribution >= 4 is 22.4 Å². The van der Waals surface area contributed by atoms with E-state index < -0.39 is 0 Å². The highest BCUT2D eigenvalue weighted by Gasteiger charge is 2.27. The van der Waals surface area contributed by atoms with Crippen molar-refractivity contribution in [3.8, 4) is 0 Å². The smallest absolute Gasteiger partial charge is 0.205 e. The summed E-state index contributed by atoms with van der Waals surface area (Å²) in [5.41, 5.74) is 0.586. The van der Waals surface area contributed by atoms with Crippen molar-refractivity contribution in [2.75, 3.05) is 25.1 Å². The molecule has 7 heteroatoms. The minimum absolute atomic E-state index is 0.0110. The maximum Gasteiger partial charge on any atom is 0.205 e. The number of aromatic nitrogens is 2. The molecule has 0 saturated carbocycles. The molecule has 0 N–H and O–H groups in total. The minimum Gasteiger partial charge on any atom is -0.377 e. The quantitative estimate of drug-likeness (QED) is 0.787. The predicted octanol–water partition coefficient (Wildman–Crippen LogP) is 2.92. The number of carbonyl (C=O) groups is 1. The Hall–Kier alpha value is -1.86. The fraction of sp³-hybridized carbons (Fsp3) is 0.438. The molecule has 1 aromatic carbocycles. The second-order valence-electron chi connectivity index (χ2n) is 5.56. The molecular formula is C16H18FN3O2S. The lowest BCUT2D eigenvalue weighted by atomic mass is 9.89. The van der Waals surface area contributed by atoms with Crippen LogP contribution < -0.4 is 4.90 Å². The molecule has 0 aliphatic carbocycles. The van der Waals surface area contributed by atoms with Crippen molar-refractivity contribution in [2.45, 2.75) is 19.4 Å². The average Bonchev–Trinajstić information content (AvgIpc) is 3.04. The maximum atomic E-state index is 12.9. The third-order valence-corrected chi connectivity index (χ3v) is 4.81. The van der Waals surface area contributed by atoms with E-state index in [0.717, 1.165) is 31.1 Å². The molecule has 1 saturated heterocycles. The number of halogens is 1. The van der Waals surface area contributed by atoms with Crippen LogP contribution in [0.3, 0.4) is 0 Å². The van der Waals surface area contributed by atoms with E-state index in [2.05, 4.69) is 14.3 Å². The molecule has 0 bridgehead atoms. The highest BCUT2D eigenvalue weighted by molar-refractivity contribution is 7.09. The molecule has 0 unspecified atom stereocenters. The zero-order chi connectivity index (χ0) is 16.2. The largest absolute Gasteiger partial charge is 0.377 e. The van der Waals surface area contributed by atoms with Gasteiger partial charge in [-0.3, -0.25) is 4.79 Å². The normalized spacial score (nSPS) is 15.8. The fourth-order valence-corrected chi connectivity index (χ4v) is 3.47. The van der Waals surface area contributed by atoms with Crippen molar-refractivity contribution in [1.82, 2.24) is 9.36 Å².